The van der Waals surface area contributed by atoms with E-state index in [9.17, 15) is 8.42 Å². The van der Waals surface area contributed by atoms with E-state index >= 15 is 0 Å². The highest BCUT2D eigenvalue weighted by molar-refractivity contribution is 7.89. The summed E-state index contributed by atoms with van der Waals surface area (Å²) >= 11 is 0. The molecule has 0 unspecified atom stereocenters. The van der Waals surface area contributed by atoms with Crippen LogP contribution in [0, 0.1) is 0 Å². The minimum atomic E-state index is -3.54. The third kappa shape index (κ3) is 3.55. The summed E-state index contributed by atoms with van der Waals surface area (Å²) in [6.07, 6.45) is 6.15. The van der Waals surface area contributed by atoms with Gasteiger partial charge in [0.15, 0.2) is 11.5 Å². The van der Waals surface area contributed by atoms with E-state index < -0.39 is 10.0 Å². The van der Waals surface area contributed by atoms with Gasteiger partial charge in [0.2, 0.25) is 10.0 Å². The molecule has 0 bridgehead atoms. The van der Waals surface area contributed by atoms with Gasteiger partial charge in [-0.15, -0.1) is 0 Å². The lowest BCUT2D eigenvalue weighted by molar-refractivity contribution is 0.296. The number of piperidine rings is 1. The zero-order valence-electron chi connectivity index (χ0n) is 15.5. The molecular weight excluding hydrogens is 366 g/mol. The molecule has 0 saturated carbocycles. The molecule has 0 aliphatic carbocycles. The Hall–Kier alpha value is -2.06. The van der Waals surface area contributed by atoms with Crippen molar-refractivity contribution in [2.24, 2.45) is 0 Å². The summed E-state index contributed by atoms with van der Waals surface area (Å²) < 4.78 is 41.1. The minimum absolute atomic E-state index is 0.264. The van der Waals surface area contributed by atoms with Crippen LogP contribution < -0.4 is 9.47 Å². The maximum Gasteiger partial charge on any atom is 0.243 e. The highest BCUT2D eigenvalue weighted by atomic mass is 32.2. The number of benzene rings is 1. The average Bonchev–Trinajstić information content (AvgIpc) is 3.05. The SMILES string of the molecule is CCn1ccnc1C1CCN(S(=O)(=O)c2ccc3c(c2)OCCCO3)CC1. The van der Waals surface area contributed by atoms with E-state index in [1.54, 1.807) is 22.5 Å². The first-order chi connectivity index (χ1) is 13.1. The Balaban J connectivity index is 1.50. The predicted octanol–water partition coefficient (Wildman–Crippen LogP) is 2.63. The van der Waals surface area contributed by atoms with Crippen LogP contribution >= 0.6 is 0 Å². The number of fused-ring (bicyclic) bond motifs is 1. The van der Waals surface area contributed by atoms with Crippen molar-refractivity contribution in [2.45, 2.75) is 43.5 Å². The monoisotopic (exact) mass is 391 g/mol. The van der Waals surface area contributed by atoms with Crippen LogP contribution in [0.5, 0.6) is 11.5 Å². The molecule has 1 aromatic heterocycles. The number of nitrogens with zero attached hydrogens (tertiary/aromatic N) is 3. The first-order valence-corrected chi connectivity index (χ1v) is 10.9. The van der Waals surface area contributed by atoms with Crippen molar-refractivity contribution in [2.75, 3.05) is 26.3 Å². The molecular formula is C19H25N3O4S. The van der Waals surface area contributed by atoms with Crippen molar-refractivity contribution in [1.29, 1.82) is 0 Å². The summed E-state index contributed by atoms with van der Waals surface area (Å²) in [6.45, 7) is 5.09. The number of ether oxygens (including phenoxy) is 2. The highest BCUT2D eigenvalue weighted by Gasteiger charge is 2.32. The first kappa shape index (κ1) is 18.3. The predicted molar refractivity (Wildman–Crippen MR) is 101 cm³/mol. The normalized spacial score (nSPS) is 19.0. The second-order valence-electron chi connectivity index (χ2n) is 6.91. The van der Waals surface area contributed by atoms with Crippen LogP contribution in [0.15, 0.2) is 35.5 Å². The van der Waals surface area contributed by atoms with Crippen molar-refractivity contribution in [3.63, 3.8) is 0 Å². The molecule has 2 aliphatic heterocycles. The summed E-state index contributed by atoms with van der Waals surface area (Å²) in [5.41, 5.74) is 0. The molecule has 0 atom stereocenters. The smallest absolute Gasteiger partial charge is 0.243 e. The van der Waals surface area contributed by atoms with E-state index in [0.717, 1.165) is 31.6 Å². The number of hydrogen-bond donors (Lipinski definition) is 0. The summed E-state index contributed by atoms with van der Waals surface area (Å²) in [4.78, 5) is 4.74. The molecule has 1 aromatic carbocycles. The van der Waals surface area contributed by atoms with Crippen molar-refractivity contribution in [3.05, 3.63) is 36.4 Å². The lowest BCUT2D eigenvalue weighted by Gasteiger charge is -2.31. The summed E-state index contributed by atoms with van der Waals surface area (Å²) in [6, 6.07) is 4.89. The van der Waals surface area contributed by atoms with Crippen LogP contribution in [0.3, 0.4) is 0 Å². The van der Waals surface area contributed by atoms with Gasteiger partial charge in [0, 0.05) is 50.4 Å². The fraction of sp³-hybridized carbons (Fsp3) is 0.526. The maximum absolute atomic E-state index is 13.1. The molecule has 27 heavy (non-hydrogen) atoms. The molecule has 2 aliphatic rings. The molecule has 146 valence electrons. The number of aryl methyl sites for hydroxylation is 1. The highest BCUT2D eigenvalue weighted by Crippen LogP contribution is 2.35. The second kappa shape index (κ2) is 7.52. The van der Waals surface area contributed by atoms with Crippen molar-refractivity contribution in [1.82, 2.24) is 13.9 Å². The zero-order valence-corrected chi connectivity index (χ0v) is 16.3. The topological polar surface area (TPSA) is 73.7 Å². The Bertz CT molecular complexity index is 901. The molecule has 8 heteroatoms. The molecule has 1 saturated heterocycles. The number of rotatable bonds is 4. The molecule has 1 fully saturated rings. The molecule has 0 spiro atoms. The Labute approximate surface area is 160 Å². The third-order valence-electron chi connectivity index (χ3n) is 5.26. The van der Waals surface area contributed by atoms with E-state index in [2.05, 4.69) is 16.5 Å². The lowest BCUT2D eigenvalue weighted by atomic mass is 9.97. The Morgan fingerprint density at radius 1 is 1.15 bits per heavy atom. The maximum atomic E-state index is 13.1. The van der Waals surface area contributed by atoms with E-state index in [0.29, 0.717) is 43.7 Å². The van der Waals surface area contributed by atoms with Gasteiger partial charge in [-0.1, -0.05) is 0 Å². The van der Waals surface area contributed by atoms with E-state index in [4.69, 9.17) is 9.47 Å². The lowest BCUT2D eigenvalue weighted by Crippen LogP contribution is -2.38. The van der Waals surface area contributed by atoms with Gasteiger partial charge in [-0.2, -0.15) is 4.31 Å². The van der Waals surface area contributed by atoms with Gasteiger partial charge >= 0.3 is 0 Å². The second-order valence-corrected chi connectivity index (χ2v) is 8.85. The molecule has 7 nitrogen and oxygen atoms in total. The average molecular weight is 391 g/mol. The van der Waals surface area contributed by atoms with Gasteiger partial charge in [0.05, 0.1) is 18.1 Å². The Morgan fingerprint density at radius 2 is 1.89 bits per heavy atom. The van der Waals surface area contributed by atoms with Crippen LogP contribution in [0.4, 0.5) is 0 Å². The first-order valence-electron chi connectivity index (χ1n) is 9.50. The number of aromatic nitrogens is 2. The zero-order chi connectivity index (χ0) is 18.9. The fourth-order valence-electron chi connectivity index (χ4n) is 3.76. The van der Waals surface area contributed by atoms with Gasteiger partial charge in [-0.25, -0.2) is 13.4 Å². The molecule has 3 heterocycles. The van der Waals surface area contributed by atoms with Crippen molar-refractivity contribution >= 4 is 10.0 Å². The largest absolute Gasteiger partial charge is 0.490 e. The van der Waals surface area contributed by atoms with Crippen LogP contribution in [0.2, 0.25) is 0 Å². The van der Waals surface area contributed by atoms with Crippen molar-refractivity contribution < 1.29 is 17.9 Å². The van der Waals surface area contributed by atoms with E-state index in [1.807, 2.05) is 12.4 Å². The number of imidazole rings is 1. The molecule has 0 amide bonds. The van der Waals surface area contributed by atoms with E-state index in [1.165, 1.54) is 0 Å². The van der Waals surface area contributed by atoms with Gasteiger partial charge in [0.1, 0.15) is 5.82 Å². The minimum Gasteiger partial charge on any atom is -0.490 e. The molecule has 0 N–H and O–H groups in total. The fourth-order valence-corrected chi connectivity index (χ4v) is 5.24. The van der Waals surface area contributed by atoms with Gasteiger partial charge in [-0.3, -0.25) is 0 Å². The number of hydrogen-bond acceptors (Lipinski definition) is 5. The van der Waals surface area contributed by atoms with Crippen LogP contribution in [-0.4, -0.2) is 48.6 Å². The Morgan fingerprint density at radius 3 is 2.63 bits per heavy atom. The van der Waals surface area contributed by atoms with Crippen LogP contribution in [0.1, 0.15) is 37.9 Å². The summed E-state index contributed by atoms with van der Waals surface area (Å²) in [7, 11) is -3.54. The van der Waals surface area contributed by atoms with Crippen molar-refractivity contribution in [3.8, 4) is 11.5 Å². The third-order valence-corrected chi connectivity index (χ3v) is 7.16. The van der Waals surface area contributed by atoms with Crippen LogP contribution in [0.25, 0.3) is 0 Å². The quantitative estimate of drug-likeness (QED) is 0.801. The Kier molecular flexibility index (Phi) is 5.10. The summed E-state index contributed by atoms with van der Waals surface area (Å²) in [5.74, 6) is 2.48. The standard InChI is InChI=1S/C19H25N3O4S/c1-2-21-11-8-20-19(21)15-6-9-22(10-7-15)27(23,24)16-4-5-17-18(14-16)26-13-3-12-25-17/h4-5,8,11,14-15H,2-3,6-7,9-10,12-13H2,1H3. The van der Waals surface area contributed by atoms with Gasteiger partial charge in [0.25, 0.3) is 0 Å². The molecule has 4 rings (SSSR count). The van der Waals surface area contributed by atoms with Gasteiger partial charge < -0.3 is 14.0 Å². The van der Waals surface area contributed by atoms with E-state index in [-0.39, 0.29) is 4.90 Å². The summed E-state index contributed by atoms with van der Waals surface area (Å²) in [5, 5.41) is 0. The molecule has 0 radical (unpaired) electrons. The number of sulfonamides is 1. The molecule has 2 aromatic rings. The van der Waals surface area contributed by atoms with Gasteiger partial charge in [-0.05, 0) is 31.9 Å². The van der Waals surface area contributed by atoms with Crippen LogP contribution in [-0.2, 0) is 16.6 Å².